The molecule has 0 aromatic carbocycles. The highest BCUT2D eigenvalue weighted by Crippen LogP contribution is 2.49. The van der Waals surface area contributed by atoms with E-state index in [1.165, 1.54) is 7.11 Å². The average molecular weight is 272 g/mol. The molecule has 1 amide bonds. The summed E-state index contributed by atoms with van der Waals surface area (Å²) in [5.41, 5.74) is 4.83. The lowest BCUT2D eigenvalue weighted by molar-refractivity contribution is -0.170. The van der Waals surface area contributed by atoms with Gasteiger partial charge in [0.25, 0.3) is 0 Å². The van der Waals surface area contributed by atoms with Crippen molar-refractivity contribution in [1.82, 2.24) is 5.32 Å². The van der Waals surface area contributed by atoms with Gasteiger partial charge in [-0.1, -0.05) is 13.8 Å². The zero-order valence-electron chi connectivity index (χ0n) is 12.1. The molecule has 2 atom stereocenters. The molecule has 3 N–H and O–H groups in total. The Morgan fingerprint density at radius 1 is 1.42 bits per heavy atom. The Labute approximate surface area is 114 Å². The van der Waals surface area contributed by atoms with Crippen LogP contribution in [0.3, 0.4) is 0 Å². The summed E-state index contributed by atoms with van der Waals surface area (Å²) in [5.74, 6) is -0.594. The first-order valence-electron chi connectivity index (χ1n) is 6.55. The smallest absolute Gasteiger partial charge is 0.307 e. The minimum atomic E-state index is -0.942. The van der Waals surface area contributed by atoms with E-state index in [0.717, 1.165) is 0 Å². The van der Waals surface area contributed by atoms with E-state index in [-0.39, 0.29) is 30.9 Å². The summed E-state index contributed by atoms with van der Waals surface area (Å²) >= 11 is 0. The molecule has 1 rings (SSSR count). The van der Waals surface area contributed by atoms with Crippen LogP contribution in [0.1, 0.15) is 33.6 Å². The fraction of sp³-hybridized carbons (Fsp3) is 0.846. The Bertz CT molecular complexity index is 357. The third kappa shape index (κ3) is 2.90. The van der Waals surface area contributed by atoms with Crippen LogP contribution in [0.2, 0.25) is 0 Å². The van der Waals surface area contributed by atoms with Gasteiger partial charge in [0.05, 0.1) is 19.6 Å². The molecule has 1 fully saturated rings. The molecule has 2 unspecified atom stereocenters. The van der Waals surface area contributed by atoms with Crippen molar-refractivity contribution in [2.75, 3.05) is 20.3 Å². The number of hydrogen-bond acceptors (Lipinski definition) is 5. The van der Waals surface area contributed by atoms with Gasteiger partial charge < -0.3 is 20.5 Å². The fourth-order valence-electron chi connectivity index (χ4n) is 2.36. The second-order valence-corrected chi connectivity index (χ2v) is 5.42. The standard InChI is InChI=1S/C13H24N2O4/c1-5-19-9-8-13(14,12(9,2)3)11(17)15-7-6-10(16)18-4/h9H,5-8,14H2,1-4H3,(H,15,17). The van der Waals surface area contributed by atoms with Crippen molar-refractivity contribution >= 4 is 11.9 Å². The summed E-state index contributed by atoms with van der Waals surface area (Å²) in [6, 6.07) is 0. The van der Waals surface area contributed by atoms with Gasteiger partial charge >= 0.3 is 5.97 Å². The summed E-state index contributed by atoms with van der Waals surface area (Å²) < 4.78 is 10.1. The van der Waals surface area contributed by atoms with Crippen LogP contribution in [0.15, 0.2) is 0 Å². The third-order valence-corrected chi connectivity index (χ3v) is 4.08. The zero-order valence-corrected chi connectivity index (χ0v) is 12.1. The Morgan fingerprint density at radius 3 is 2.53 bits per heavy atom. The molecule has 0 saturated heterocycles. The van der Waals surface area contributed by atoms with Crippen molar-refractivity contribution < 1.29 is 19.1 Å². The van der Waals surface area contributed by atoms with Crippen molar-refractivity contribution in [2.24, 2.45) is 11.1 Å². The quantitative estimate of drug-likeness (QED) is 0.674. The molecule has 0 bridgehead atoms. The van der Waals surface area contributed by atoms with Gasteiger partial charge in [0.1, 0.15) is 5.54 Å². The SMILES string of the molecule is CCOC1CC(N)(C(=O)NCCC(=O)OC)C1(C)C. The molecule has 1 aliphatic carbocycles. The molecule has 19 heavy (non-hydrogen) atoms. The topological polar surface area (TPSA) is 90.6 Å². The first-order valence-corrected chi connectivity index (χ1v) is 6.55. The van der Waals surface area contributed by atoms with E-state index in [2.05, 4.69) is 10.1 Å². The predicted octanol–water partition coefficient (Wildman–Crippen LogP) is 0.198. The van der Waals surface area contributed by atoms with Gasteiger partial charge in [0.15, 0.2) is 0 Å². The van der Waals surface area contributed by atoms with Crippen molar-refractivity contribution in [3.63, 3.8) is 0 Å². The lowest BCUT2D eigenvalue weighted by atomic mass is 9.54. The number of esters is 1. The van der Waals surface area contributed by atoms with Crippen LogP contribution >= 0.6 is 0 Å². The van der Waals surface area contributed by atoms with Crippen LogP contribution in [0.25, 0.3) is 0 Å². The minimum Gasteiger partial charge on any atom is -0.469 e. The molecule has 1 saturated carbocycles. The summed E-state index contributed by atoms with van der Waals surface area (Å²) in [6.07, 6.45) is 0.639. The third-order valence-electron chi connectivity index (χ3n) is 4.08. The molecule has 0 heterocycles. The van der Waals surface area contributed by atoms with Crippen LogP contribution in [0, 0.1) is 5.41 Å². The van der Waals surface area contributed by atoms with E-state index in [9.17, 15) is 9.59 Å². The number of carbonyl (C=O) groups excluding carboxylic acids is 2. The number of nitrogens with one attached hydrogen (secondary N) is 1. The molecule has 0 aromatic rings. The summed E-state index contributed by atoms with van der Waals surface area (Å²) in [7, 11) is 1.32. The second kappa shape index (κ2) is 5.88. The van der Waals surface area contributed by atoms with Crippen molar-refractivity contribution in [2.45, 2.75) is 45.3 Å². The molecule has 6 heteroatoms. The van der Waals surface area contributed by atoms with E-state index in [4.69, 9.17) is 10.5 Å². The highest BCUT2D eigenvalue weighted by molar-refractivity contribution is 5.89. The number of nitrogens with two attached hydrogens (primary N) is 1. The van der Waals surface area contributed by atoms with Crippen molar-refractivity contribution in [1.29, 1.82) is 0 Å². The van der Waals surface area contributed by atoms with Gasteiger partial charge in [-0.2, -0.15) is 0 Å². The zero-order chi connectivity index (χ0) is 14.7. The van der Waals surface area contributed by atoms with Crippen LogP contribution in [0.5, 0.6) is 0 Å². The van der Waals surface area contributed by atoms with Gasteiger partial charge in [-0.15, -0.1) is 0 Å². The average Bonchev–Trinajstić information content (AvgIpc) is 2.37. The lowest BCUT2D eigenvalue weighted by Crippen LogP contribution is -2.75. The molecular weight excluding hydrogens is 248 g/mol. The van der Waals surface area contributed by atoms with Crippen molar-refractivity contribution in [3.8, 4) is 0 Å². The van der Waals surface area contributed by atoms with Gasteiger partial charge in [0.2, 0.25) is 5.91 Å². The van der Waals surface area contributed by atoms with Gasteiger partial charge in [-0.05, 0) is 6.92 Å². The van der Waals surface area contributed by atoms with Crippen LogP contribution in [-0.4, -0.2) is 43.8 Å². The fourth-order valence-corrected chi connectivity index (χ4v) is 2.36. The predicted molar refractivity (Wildman–Crippen MR) is 70.4 cm³/mol. The van der Waals surface area contributed by atoms with Crippen molar-refractivity contribution in [3.05, 3.63) is 0 Å². The number of hydrogen-bond donors (Lipinski definition) is 2. The van der Waals surface area contributed by atoms with E-state index >= 15 is 0 Å². The second-order valence-electron chi connectivity index (χ2n) is 5.42. The molecule has 0 radical (unpaired) electrons. The van der Waals surface area contributed by atoms with Gasteiger partial charge in [-0.3, -0.25) is 9.59 Å². The van der Waals surface area contributed by atoms with E-state index in [1.54, 1.807) is 0 Å². The molecule has 6 nitrogen and oxygen atoms in total. The maximum absolute atomic E-state index is 12.1. The molecule has 110 valence electrons. The number of ether oxygens (including phenoxy) is 2. The molecule has 0 aromatic heterocycles. The Morgan fingerprint density at radius 2 is 2.05 bits per heavy atom. The largest absolute Gasteiger partial charge is 0.469 e. The maximum Gasteiger partial charge on any atom is 0.307 e. The van der Waals surface area contributed by atoms with Crippen LogP contribution < -0.4 is 11.1 Å². The van der Waals surface area contributed by atoms with E-state index < -0.39 is 11.0 Å². The highest BCUT2D eigenvalue weighted by atomic mass is 16.5. The number of amides is 1. The summed E-state index contributed by atoms with van der Waals surface area (Å²) in [4.78, 5) is 23.1. The number of carbonyl (C=O) groups is 2. The minimum absolute atomic E-state index is 0.00569. The maximum atomic E-state index is 12.1. The molecule has 0 aliphatic heterocycles. The van der Waals surface area contributed by atoms with Gasteiger partial charge in [-0.25, -0.2) is 0 Å². The Hall–Kier alpha value is -1.14. The van der Waals surface area contributed by atoms with Gasteiger partial charge in [0, 0.05) is 25.0 Å². The molecule has 1 aliphatic rings. The molecule has 0 spiro atoms. The first-order chi connectivity index (χ1) is 8.79. The Kier molecular flexibility index (Phi) is 4.92. The van der Waals surface area contributed by atoms with E-state index in [0.29, 0.717) is 13.0 Å². The van der Waals surface area contributed by atoms with Crippen LogP contribution in [0.4, 0.5) is 0 Å². The monoisotopic (exact) mass is 272 g/mol. The number of methoxy groups -OCH3 is 1. The highest BCUT2D eigenvalue weighted by Gasteiger charge is 2.62. The first kappa shape index (κ1) is 15.9. The lowest BCUT2D eigenvalue weighted by Gasteiger charge is -2.57. The summed E-state index contributed by atoms with van der Waals surface area (Å²) in [5, 5.41) is 2.69. The summed E-state index contributed by atoms with van der Waals surface area (Å²) in [6.45, 7) is 6.62. The molecular formula is C13H24N2O4. The van der Waals surface area contributed by atoms with E-state index in [1.807, 2.05) is 20.8 Å². The normalized spacial score (nSPS) is 28.4. The number of rotatable bonds is 6. The Balaban J connectivity index is 2.51. The van der Waals surface area contributed by atoms with Crippen LogP contribution in [-0.2, 0) is 19.1 Å².